The Kier molecular flexibility index (Phi) is 67.7. The molecule has 0 aliphatic heterocycles. The molecule has 0 atom stereocenters. The van der Waals surface area contributed by atoms with E-state index in [1.165, 1.54) is 0 Å². The SMILES string of the molecule is CCC#N.CCC#N.CCOCC.OCCO. The van der Waals surface area contributed by atoms with E-state index in [-0.39, 0.29) is 13.2 Å². The number of ether oxygens (including phenoxy) is 1. The van der Waals surface area contributed by atoms with Gasteiger partial charge in [0.2, 0.25) is 0 Å². The average molecular weight is 246 g/mol. The van der Waals surface area contributed by atoms with Gasteiger partial charge in [-0.3, -0.25) is 0 Å². The summed E-state index contributed by atoms with van der Waals surface area (Å²) in [5.41, 5.74) is 0. The summed E-state index contributed by atoms with van der Waals surface area (Å²) in [6, 6.07) is 3.86. The highest BCUT2D eigenvalue weighted by Gasteiger charge is 1.64. The van der Waals surface area contributed by atoms with Crippen molar-refractivity contribution in [2.24, 2.45) is 0 Å². The third-order valence-electron chi connectivity index (χ3n) is 0.824. The van der Waals surface area contributed by atoms with Crippen LogP contribution in [0.4, 0.5) is 0 Å². The van der Waals surface area contributed by atoms with Crippen LogP contribution in [0.1, 0.15) is 40.5 Å². The van der Waals surface area contributed by atoms with Crippen LogP contribution in [-0.2, 0) is 4.74 Å². The van der Waals surface area contributed by atoms with E-state index in [0.717, 1.165) is 13.2 Å². The molecule has 0 saturated carbocycles. The summed E-state index contributed by atoms with van der Waals surface area (Å²) in [4.78, 5) is 0. The van der Waals surface area contributed by atoms with Crippen LogP contribution < -0.4 is 0 Å². The van der Waals surface area contributed by atoms with Gasteiger partial charge in [0.25, 0.3) is 0 Å². The number of nitrogens with zero attached hydrogens (tertiary/aromatic N) is 2. The Hall–Kier alpha value is -1.14. The van der Waals surface area contributed by atoms with Crippen LogP contribution in [0.5, 0.6) is 0 Å². The number of rotatable bonds is 3. The molecule has 0 spiro atoms. The minimum absolute atomic E-state index is 0.125. The monoisotopic (exact) mass is 246 g/mol. The summed E-state index contributed by atoms with van der Waals surface area (Å²) in [6.07, 6.45) is 1.25. The van der Waals surface area contributed by atoms with E-state index in [4.69, 9.17) is 25.5 Å². The molecule has 0 heterocycles. The van der Waals surface area contributed by atoms with Crippen molar-refractivity contribution in [2.45, 2.75) is 40.5 Å². The van der Waals surface area contributed by atoms with Gasteiger partial charge >= 0.3 is 0 Å². The highest BCUT2D eigenvalue weighted by molar-refractivity contribution is 4.62. The van der Waals surface area contributed by atoms with E-state index < -0.39 is 0 Å². The van der Waals surface area contributed by atoms with Crippen molar-refractivity contribution in [3.05, 3.63) is 0 Å². The third-order valence-corrected chi connectivity index (χ3v) is 0.824. The standard InChI is InChI=1S/C4H10O.2C3H5N.C2H6O2/c1-3-5-4-2;2*1-2-3-4;3-1-2-4/h3-4H2,1-2H3;2*2H2,1H3;3-4H,1-2H2. The van der Waals surface area contributed by atoms with E-state index in [0.29, 0.717) is 12.8 Å². The zero-order valence-electron chi connectivity index (χ0n) is 11.4. The van der Waals surface area contributed by atoms with E-state index in [1.54, 1.807) is 0 Å². The van der Waals surface area contributed by atoms with E-state index in [2.05, 4.69) is 0 Å². The first-order valence-electron chi connectivity index (χ1n) is 5.69. The molecule has 0 unspecified atom stereocenters. The van der Waals surface area contributed by atoms with Crippen molar-refractivity contribution in [1.82, 2.24) is 0 Å². The Bertz CT molecular complexity index is 144. The quantitative estimate of drug-likeness (QED) is 0.792. The normalized spacial score (nSPS) is 6.59. The first-order chi connectivity index (χ1) is 8.16. The van der Waals surface area contributed by atoms with Crippen LogP contribution in [0, 0.1) is 22.7 Å². The lowest BCUT2D eigenvalue weighted by Crippen LogP contribution is -1.85. The second-order valence-corrected chi connectivity index (χ2v) is 2.25. The second kappa shape index (κ2) is 46.2. The van der Waals surface area contributed by atoms with Crippen molar-refractivity contribution in [1.29, 1.82) is 10.5 Å². The fourth-order valence-corrected chi connectivity index (χ4v) is 0.204. The summed E-state index contributed by atoms with van der Waals surface area (Å²) in [6.45, 7) is 9.06. The van der Waals surface area contributed by atoms with Gasteiger partial charge in [0.05, 0.1) is 25.4 Å². The van der Waals surface area contributed by atoms with Gasteiger partial charge in [0, 0.05) is 26.1 Å². The van der Waals surface area contributed by atoms with Crippen LogP contribution in [0.2, 0.25) is 0 Å². The Morgan fingerprint density at radius 2 is 1.06 bits per heavy atom. The molecule has 0 amide bonds. The van der Waals surface area contributed by atoms with E-state index in [1.807, 2.05) is 39.8 Å². The predicted octanol–water partition coefficient (Wildman–Crippen LogP) is 1.85. The lowest BCUT2D eigenvalue weighted by Gasteiger charge is -1.86. The van der Waals surface area contributed by atoms with Gasteiger partial charge in [-0.1, -0.05) is 13.8 Å². The summed E-state index contributed by atoms with van der Waals surface area (Å²) >= 11 is 0. The fraction of sp³-hybridized carbons (Fsp3) is 0.833. The van der Waals surface area contributed by atoms with E-state index in [9.17, 15) is 0 Å². The van der Waals surface area contributed by atoms with Crippen molar-refractivity contribution in [3.63, 3.8) is 0 Å². The molecule has 5 nitrogen and oxygen atoms in total. The smallest absolute Gasteiger partial charge is 0.0662 e. The molecule has 0 aliphatic carbocycles. The highest BCUT2D eigenvalue weighted by Crippen LogP contribution is 1.64. The molecule has 0 aromatic carbocycles. The van der Waals surface area contributed by atoms with Crippen LogP contribution in [-0.4, -0.2) is 36.6 Å². The van der Waals surface area contributed by atoms with Crippen molar-refractivity contribution < 1.29 is 14.9 Å². The Morgan fingerprint density at radius 3 is 1.06 bits per heavy atom. The maximum absolute atomic E-state index is 7.62. The Morgan fingerprint density at radius 1 is 0.824 bits per heavy atom. The number of aliphatic hydroxyl groups excluding tert-OH is 2. The van der Waals surface area contributed by atoms with Crippen molar-refractivity contribution >= 4 is 0 Å². The maximum atomic E-state index is 7.62. The van der Waals surface area contributed by atoms with Crippen LogP contribution in [0.3, 0.4) is 0 Å². The van der Waals surface area contributed by atoms with Gasteiger partial charge in [-0.25, -0.2) is 0 Å². The maximum Gasteiger partial charge on any atom is 0.0662 e. The molecule has 0 saturated heterocycles. The Labute approximate surface area is 105 Å². The number of hydrogen-bond donors (Lipinski definition) is 2. The summed E-state index contributed by atoms with van der Waals surface area (Å²) in [5.74, 6) is 0. The molecule has 0 aromatic heterocycles. The van der Waals surface area contributed by atoms with Gasteiger partial charge in [-0.15, -0.1) is 0 Å². The van der Waals surface area contributed by atoms with E-state index >= 15 is 0 Å². The van der Waals surface area contributed by atoms with Crippen LogP contribution >= 0.6 is 0 Å². The zero-order valence-corrected chi connectivity index (χ0v) is 11.4. The minimum Gasteiger partial charge on any atom is -0.394 e. The lowest BCUT2D eigenvalue weighted by atomic mass is 10.6. The summed E-state index contributed by atoms with van der Waals surface area (Å²) in [5, 5.41) is 30.5. The molecule has 102 valence electrons. The molecule has 0 aromatic rings. The number of hydrogen-bond acceptors (Lipinski definition) is 5. The van der Waals surface area contributed by atoms with Gasteiger partial charge in [-0.05, 0) is 13.8 Å². The molecule has 5 heteroatoms. The lowest BCUT2D eigenvalue weighted by molar-refractivity contribution is 0.162. The topological polar surface area (TPSA) is 97.3 Å². The Balaban J connectivity index is -0.0000000667. The minimum atomic E-state index is -0.125. The molecule has 0 rings (SSSR count). The predicted molar refractivity (Wildman–Crippen MR) is 68.1 cm³/mol. The molecule has 0 aliphatic rings. The van der Waals surface area contributed by atoms with Gasteiger partial charge in [0.15, 0.2) is 0 Å². The molecule has 0 radical (unpaired) electrons. The molecule has 0 bridgehead atoms. The molecule has 0 fully saturated rings. The van der Waals surface area contributed by atoms with Crippen molar-refractivity contribution in [3.8, 4) is 12.1 Å². The number of nitriles is 2. The van der Waals surface area contributed by atoms with Gasteiger partial charge in [-0.2, -0.15) is 10.5 Å². The molecular weight excluding hydrogens is 220 g/mol. The molecular formula is C12H26N2O3. The van der Waals surface area contributed by atoms with Crippen LogP contribution in [0.15, 0.2) is 0 Å². The van der Waals surface area contributed by atoms with Crippen molar-refractivity contribution in [2.75, 3.05) is 26.4 Å². The summed E-state index contributed by atoms with van der Waals surface area (Å²) in [7, 11) is 0. The first-order valence-corrected chi connectivity index (χ1v) is 5.69. The van der Waals surface area contributed by atoms with Crippen LogP contribution in [0.25, 0.3) is 0 Å². The number of aliphatic hydroxyl groups is 2. The fourth-order valence-electron chi connectivity index (χ4n) is 0.204. The van der Waals surface area contributed by atoms with Gasteiger partial charge in [0.1, 0.15) is 0 Å². The molecule has 2 N–H and O–H groups in total. The van der Waals surface area contributed by atoms with Gasteiger partial charge < -0.3 is 14.9 Å². The summed E-state index contributed by atoms with van der Waals surface area (Å²) < 4.78 is 4.83. The highest BCUT2D eigenvalue weighted by atomic mass is 16.5. The zero-order chi connectivity index (χ0) is 14.4. The molecule has 17 heavy (non-hydrogen) atoms. The average Bonchev–Trinajstić information content (AvgIpc) is 2.40. The second-order valence-electron chi connectivity index (χ2n) is 2.25. The largest absolute Gasteiger partial charge is 0.394 e. The third kappa shape index (κ3) is 165. The first kappa shape index (κ1) is 24.9.